The van der Waals surface area contributed by atoms with Gasteiger partial charge in [-0.15, -0.1) is 0 Å². The fraction of sp³-hybridized carbons (Fsp3) is 0.444. The average Bonchev–Trinajstić information content (AvgIpc) is 3.16. The van der Waals surface area contributed by atoms with Crippen LogP contribution in [0.5, 0.6) is 11.6 Å². The lowest BCUT2D eigenvalue weighted by molar-refractivity contribution is -0.136. The van der Waals surface area contributed by atoms with Gasteiger partial charge in [-0.05, 0) is 36.6 Å². The van der Waals surface area contributed by atoms with Crippen molar-refractivity contribution in [2.24, 2.45) is 11.8 Å². The van der Waals surface area contributed by atoms with Crippen LogP contribution in [0.15, 0.2) is 42.6 Å². The number of anilines is 1. The van der Waals surface area contributed by atoms with Crippen LogP contribution < -0.4 is 14.4 Å². The van der Waals surface area contributed by atoms with E-state index < -0.39 is 12.1 Å². The Kier molecular flexibility index (Phi) is 7.07. The van der Waals surface area contributed by atoms with Crippen molar-refractivity contribution >= 4 is 29.6 Å². The third-order valence-electron chi connectivity index (χ3n) is 7.29. The molecule has 3 fully saturated rings. The summed E-state index contributed by atoms with van der Waals surface area (Å²) in [5.41, 5.74) is 1.11. The van der Waals surface area contributed by atoms with Crippen LogP contribution in [0.3, 0.4) is 0 Å². The number of carbonyl (C=O) groups excluding carboxylic acids is 3. The number of benzene rings is 1. The topological polar surface area (TPSA) is 126 Å². The molecule has 2 aromatic rings. The van der Waals surface area contributed by atoms with E-state index >= 15 is 0 Å². The van der Waals surface area contributed by atoms with E-state index in [1.165, 1.54) is 17.2 Å². The number of amides is 3. The minimum absolute atomic E-state index is 0.0339. The number of rotatable bonds is 6. The maximum atomic E-state index is 12.8. The third kappa shape index (κ3) is 5.42. The standard InChI is InChI=1S/C27H29N3O7/c31-24(32)15-17-5-8-19(9-6-17)36-20-11-13-29(14-12-20)27(35)37-23-10-7-18(16-28-23)30-25(33)21-3-1-2-4-22(21)26(30)34/h5-10,16,20-22H,1-4,11-15H2,(H,31,32). The number of imide groups is 1. The molecule has 1 N–H and O–H groups in total. The van der Waals surface area contributed by atoms with Crippen molar-refractivity contribution in [3.8, 4) is 11.6 Å². The summed E-state index contributed by atoms with van der Waals surface area (Å²) in [5.74, 6) is -0.916. The Bertz CT molecular complexity index is 1150. The molecule has 1 aliphatic carbocycles. The summed E-state index contributed by atoms with van der Waals surface area (Å²) < 4.78 is 11.4. The number of hydrogen-bond acceptors (Lipinski definition) is 7. The molecule has 2 saturated heterocycles. The van der Waals surface area contributed by atoms with Crippen LogP contribution in [0.4, 0.5) is 10.5 Å². The van der Waals surface area contributed by atoms with Gasteiger partial charge in [-0.3, -0.25) is 14.4 Å². The minimum atomic E-state index is -0.881. The zero-order valence-corrected chi connectivity index (χ0v) is 20.4. The molecule has 0 radical (unpaired) electrons. The molecular formula is C27H29N3O7. The van der Waals surface area contributed by atoms with Gasteiger partial charge in [-0.1, -0.05) is 25.0 Å². The van der Waals surface area contributed by atoms with Gasteiger partial charge in [0.05, 0.1) is 30.1 Å². The molecule has 2 unspecified atom stereocenters. The van der Waals surface area contributed by atoms with Crippen molar-refractivity contribution in [2.75, 3.05) is 18.0 Å². The van der Waals surface area contributed by atoms with Crippen molar-refractivity contribution in [3.05, 3.63) is 48.2 Å². The molecule has 2 atom stereocenters. The first-order valence-electron chi connectivity index (χ1n) is 12.7. The van der Waals surface area contributed by atoms with Gasteiger partial charge in [0.15, 0.2) is 0 Å². The zero-order valence-electron chi connectivity index (χ0n) is 20.4. The fourth-order valence-electron chi connectivity index (χ4n) is 5.35. The van der Waals surface area contributed by atoms with E-state index in [2.05, 4.69) is 4.98 Å². The summed E-state index contributed by atoms with van der Waals surface area (Å²) >= 11 is 0. The Labute approximate surface area is 214 Å². The Morgan fingerprint density at radius 1 is 0.919 bits per heavy atom. The maximum Gasteiger partial charge on any atom is 0.416 e. The SMILES string of the molecule is O=C(O)Cc1ccc(OC2CCN(C(=O)Oc3ccc(N4C(=O)C5CCCCC5C4=O)cn3)CC2)cc1. The number of ether oxygens (including phenoxy) is 2. The number of fused-ring (bicyclic) bond motifs is 1. The van der Waals surface area contributed by atoms with E-state index in [1.54, 1.807) is 35.2 Å². The Balaban J connectivity index is 1.11. The first kappa shape index (κ1) is 24.7. The number of aromatic nitrogens is 1. The lowest BCUT2D eigenvalue weighted by Gasteiger charge is -2.31. The molecule has 194 valence electrons. The smallest absolute Gasteiger partial charge is 0.416 e. The van der Waals surface area contributed by atoms with E-state index in [9.17, 15) is 19.2 Å². The molecule has 5 rings (SSSR count). The lowest BCUT2D eigenvalue weighted by Crippen LogP contribution is -2.43. The Morgan fingerprint density at radius 2 is 1.57 bits per heavy atom. The number of piperidine rings is 1. The van der Waals surface area contributed by atoms with E-state index in [4.69, 9.17) is 14.6 Å². The van der Waals surface area contributed by atoms with Crippen molar-refractivity contribution in [3.63, 3.8) is 0 Å². The fourth-order valence-corrected chi connectivity index (χ4v) is 5.35. The van der Waals surface area contributed by atoms with E-state index in [0.29, 0.717) is 42.9 Å². The molecule has 0 bridgehead atoms. The highest BCUT2D eigenvalue weighted by Gasteiger charge is 2.48. The minimum Gasteiger partial charge on any atom is -0.490 e. The number of carboxylic acid groups (broad SMARTS) is 1. The summed E-state index contributed by atoms with van der Waals surface area (Å²) in [7, 11) is 0. The molecular weight excluding hydrogens is 478 g/mol. The molecule has 3 aliphatic rings. The number of carbonyl (C=O) groups is 4. The molecule has 1 aromatic heterocycles. The highest BCUT2D eigenvalue weighted by Crippen LogP contribution is 2.40. The second-order valence-corrected chi connectivity index (χ2v) is 9.75. The summed E-state index contributed by atoms with van der Waals surface area (Å²) in [6.45, 7) is 0.913. The number of nitrogens with zero attached hydrogens (tertiary/aromatic N) is 3. The van der Waals surface area contributed by atoms with Crippen molar-refractivity contribution in [2.45, 2.75) is 51.0 Å². The van der Waals surface area contributed by atoms with Crippen LogP contribution in [0.1, 0.15) is 44.1 Å². The van der Waals surface area contributed by atoms with Crippen molar-refractivity contribution in [1.82, 2.24) is 9.88 Å². The summed E-state index contributed by atoms with van der Waals surface area (Å²) in [5, 5.41) is 8.87. The van der Waals surface area contributed by atoms with Crippen LogP contribution in [0.2, 0.25) is 0 Å². The number of pyridine rings is 1. The lowest BCUT2D eigenvalue weighted by atomic mass is 9.81. The number of likely N-dealkylation sites (tertiary alicyclic amines) is 1. The van der Waals surface area contributed by atoms with Crippen LogP contribution in [-0.2, 0) is 20.8 Å². The van der Waals surface area contributed by atoms with Crippen LogP contribution >= 0.6 is 0 Å². The molecule has 3 heterocycles. The normalized spacial score (nSPS) is 22.1. The summed E-state index contributed by atoms with van der Waals surface area (Å²) in [6, 6.07) is 10.1. The van der Waals surface area contributed by atoms with Crippen molar-refractivity contribution in [1.29, 1.82) is 0 Å². The highest BCUT2D eigenvalue weighted by atomic mass is 16.6. The molecule has 37 heavy (non-hydrogen) atoms. The van der Waals surface area contributed by atoms with Gasteiger partial charge < -0.3 is 19.5 Å². The summed E-state index contributed by atoms with van der Waals surface area (Å²) in [6.07, 6.45) is 5.46. The number of carboxylic acids is 1. The van der Waals surface area contributed by atoms with Gasteiger partial charge in [0.1, 0.15) is 11.9 Å². The van der Waals surface area contributed by atoms with Crippen LogP contribution in [0.25, 0.3) is 0 Å². The maximum absolute atomic E-state index is 12.8. The monoisotopic (exact) mass is 507 g/mol. The zero-order chi connectivity index (χ0) is 25.9. The predicted octanol–water partition coefficient (Wildman–Crippen LogP) is 3.43. The van der Waals surface area contributed by atoms with Gasteiger partial charge in [0.2, 0.25) is 17.7 Å². The van der Waals surface area contributed by atoms with Gasteiger partial charge in [0.25, 0.3) is 0 Å². The largest absolute Gasteiger partial charge is 0.490 e. The number of aliphatic carboxylic acids is 1. The molecule has 0 spiro atoms. The highest BCUT2D eigenvalue weighted by molar-refractivity contribution is 6.22. The van der Waals surface area contributed by atoms with E-state index in [0.717, 1.165) is 25.7 Å². The molecule has 3 amide bonds. The van der Waals surface area contributed by atoms with Gasteiger partial charge >= 0.3 is 12.1 Å². The molecule has 1 aromatic carbocycles. The average molecular weight is 508 g/mol. The predicted molar refractivity (Wildman–Crippen MR) is 131 cm³/mol. The quantitative estimate of drug-likeness (QED) is 0.590. The summed E-state index contributed by atoms with van der Waals surface area (Å²) in [4.78, 5) is 55.9. The third-order valence-corrected chi connectivity index (χ3v) is 7.29. The number of hydrogen-bond donors (Lipinski definition) is 1. The second kappa shape index (κ2) is 10.6. The van der Waals surface area contributed by atoms with Crippen LogP contribution in [-0.4, -0.2) is 58.1 Å². The molecule has 1 saturated carbocycles. The Morgan fingerprint density at radius 3 is 2.14 bits per heavy atom. The first-order valence-corrected chi connectivity index (χ1v) is 12.7. The Hall–Kier alpha value is -3.95. The second-order valence-electron chi connectivity index (χ2n) is 9.75. The van der Waals surface area contributed by atoms with Gasteiger partial charge in [-0.2, -0.15) is 0 Å². The van der Waals surface area contributed by atoms with E-state index in [1.807, 2.05) is 0 Å². The first-order chi connectivity index (χ1) is 17.9. The molecule has 2 aliphatic heterocycles. The van der Waals surface area contributed by atoms with E-state index in [-0.39, 0.29) is 42.1 Å². The molecule has 10 nitrogen and oxygen atoms in total. The molecule has 10 heteroatoms. The van der Waals surface area contributed by atoms with Crippen LogP contribution in [0, 0.1) is 11.8 Å². The van der Waals surface area contributed by atoms with Gasteiger partial charge in [-0.25, -0.2) is 14.7 Å². The van der Waals surface area contributed by atoms with Crippen molar-refractivity contribution < 1.29 is 33.8 Å². The van der Waals surface area contributed by atoms with Gasteiger partial charge in [0, 0.05) is 32.0 Å².